The average molecular weight is 881 g/mol. The largest absolute Gasteiger partial charge is 0.356 e. The summed E-state index contributed by atoms with van der Waals surface area (Å²) in [6.45, 7) is 4.19. The minimum absolute atomic E-state index is 1.13. The molecule has 4 heteroatoms. The van der Waals surface area contributed by atoms with Crippen LogP contribution in [0.3, 0.4) is 0 Å². The van der Waals surface area contributed by atoms with Gasteiger partial charge in [0.15, 0.2) is 0 Å². The summed E-state index contributed by atoms with van der Waals surface area (Å²) in [5.74, 6) is 0. The predicted molar refractivity (Wildman–Crippen MR) is 207 cm³/mol. The normalized spacial score (nSPS) is 10.5. The van der Waals surface area contributed by atoms with E-state index in [4.69, 9.17) is 0 Å². The second-order valence-corrected chi connectivity index (χ2v) is 13.9. The van der Waals surface area contributed by atoms with Gasteiger partial charge in [0.05, 0.1) is 0 Å². The lowest BCUT2D eigenvalue weighted by Crippen LogP contribution is -1.89. The number of hydrogen-bond donors (Lipinski definition) is 1. The fraction of sp³-hybridized carbons (Fsp3) is 0.0526. The SMILES string of the molecule is Cc1ccc(Nc2ccc(C)cc2)cc1.Ic1ccc(-c2cc(-c3ccc(I)cc3)cc(-c3ccc(I)cc3)c2)cc1. The van der Waals surface area contributed by atoms with Crippen LogP contribution in [-0.4, -0.2) is 0 Å². The molecule has 208 valence electrons. The molecule has 0 heterocycles. The Morgan fingerprint density at radius 2 is 0.595 bits per heavy atom. The second-order valence-electron chi connectivity index (χ2n) is 10.2. The summed E-state index contributed by atoms with van der Waals surface area (Å²) in [6.07, 6.45) is 0. The lowest BCUT2D eigenvalue weighted by Gasteiger charge is -2.12. The van der Waals surface area contributed by atoms with E-state index in [2.05, 4.69) is 226 Å². The maximum absolute atomic E-state index is 3.36. The van der Waals surface area contributed by atoms with E-state index in [1.54, 1.807) is 0 Å². The minimum atomic E-state index is 1.13. The van der Waals surface area contributed by atoms with Crippen LogP contribution in [0.5, 0.6) is 0 Å². The highest BCUT2D eigenvalue weighted by molar-refractivity contribution is 14.1. The Hall–Kier alpha value is -2.69. The molecular formula is C38H30I3N. The topological polar surface area (TPSA) is 12.0 Å². The van der Waals surface area contributed by atoms with Crippen molar-refractivity contribution >= 4 is 79.1 Å². The number of halogens is 3. The molecule has 0 fully saturated rings. The van der Waals surface area contributed by atoms with Crippen LogP contribution in [0.25, 0.3) is 33.4 Å². The minimum Gasteiger partial charge on any atom is -0.356 e. The van der Waals surface area contributed by atoms with Crippen molar-refractivity contribution in [1.29, 1.82) is 0 Å². The first kappa shape index (κ1) is 30.8. The second kappa shape index (κ2) is 14.7. The van der Waals surface area contributed by atoms with Gasteiger partial charge in [0.25, 0.3) is 0 Å². The molecule has 0 amide bonds. The number of nitrogens with one attached hydrogen (secondary N) is 1. The molecule has 0 spiro atoms. The van der Waals surface area contributed by atoms with E-state index in [-0.39, 0.29) is 0 Å². The number of hydrogen-bond acceptors (Lipinski definition) is 1. The van der Waals surface area contributed by atoms with Crippen molar-refractivity contribution in [3.63, 3.8) is 0 Å². The first-order chi connectivity index (χ1) is 20.3. The van der Waals surface area contributed by atoms with E-state index < -0.39 is 0 Å². The van der Waals surface area contributed by atoms with Gasteiger partial charge in [-0.05, 0) is 194 Å². The van der Waals surface area contributed by atoms with E-state index in [1.807, 2.05) is 0 Å². The third-order valence-corrected chi connectivity index (χ3v) is 9.01. The van der Waals surface area contributed by atoms with E-state index in [1.165, 1.54) is 55.2 Å². The first-order valence-electron chi connectivity index (χ1n) is 13.7. The quantitative estimate of drug-likeness (QED) is 0.170. The molecule has 0 saturated heterocycles. The van der Waals surface area contributed by atoms with Crippen molar-refractivity contribution in [3.8, 4) is 33.4 Å². The lowest BCUT2D eigenvalue weighted by molar-refractivity contribution is 1.43. The molecule has 6 rings (SSSR count). The van der Waals surface area contributed by atoms with Crippen molar-refractivity contribution in [3.05, 3.63) is 161 Å². The van der Waals surface area contributed by atoms with E-state index in [0.717, 1.165) is 11.4 Å². The van der Waals surface area contributed by atoms with Gasteiger partial charge < -0.3 is 5.32 Å². The van der Waals surface area contributed by atoms with E-state index >= 15 is 0 Å². The Morgan fingerprint density at radius 1 is 0.333 bits per heavy atom. The highest BCUT2D eigenvalue weighted by Gasteiger charge is 2.08. The molecule has 1 N–H and O–H groups in total. The third kappa shape index (κ3) is 8.67. The summed E-state index contributed by atoms with van der Waals surface area (Å²) in [7, 11) is 0. The molecule has 0 bridgehead atoms. The summed E-state index contributed by atoms with van der Waals surface area (Å²) in [5, 5.41) is 3.36. The summed E-state index contributed by atoms with van der Waals surface area (Å²) in [6, 6.07) is 49.9. The number of rotatable bonds is 5. The fourth-order valence-corrected chi connectivity index (χ4v) is 5.57. The zero-order valence-electron chi connectivity index (χ0n) is 23.4. The third-order valence-electron chi connectivity index (χ3n) is 6.86. The monoisotopic (exact) mass is 881 g/mol. The molecule has 1 nitrogen and oxygen atoms in total. The average Bonchev–Trinajstić information content (AvgIpc) is 3.01. The first-order valence-corrected chi connectivity index (χ1v) is 16.9. The predicted octanol–water partition coefficient (Wildman–Crippen LogP) is 12.5. The Kier molecular flexibility index (Phi) is 10.7. The Bertz CT molecular complexity index is 1540. The van der Waals surface area contributed by atoms with Crippen LogP contribution in [-0.2, 0) is 0 Å². The molecule has 0 aromatic heterocycles. The molecule has 0 radical (unpaired) electrons. The van der Waals surface area contributed by atoms with Gasteiger partial charge in [-0.2, -0.15) is 0 Å². The van der Waals surface area contributed by atoms with Crippen LogP contribution in [0.4, 0.5) is 11.4 Å². The van der Waals surface area contributed by atoms with Crippen LogP contribution in [0.2, 0.25) is 0 Å². The summed E-state index contributed by atoms with van der Waals surface area (Å²) < 4.78 is 3.76. The van der Waals surface area contributed by atoms with Gasteiger partial charge in [-0.25, -0.2) is 0 Å². The van der Waals surface area contributed by atoms with E-state index in [0.29, 0.717) is 0 Å². The maximum Gasteiger partial charge on any atom is 0.0384 e. The van der Waals surface area contributed by atoms with Crippen molar-refractivity contribution in [2.45, 2.75) is 13.8 Å². The molecule has 42 heavy (non-hydrogen) atoms. The van der Waals surface area contributed by atoms with Crippen LogP contribution < -0.4 is 5.32 Å². The van der Waals surface area contributed by atoms with Gasteiger partial charge in [0.1, 0.15) is 0 Å². The lowest BCUT2D eigenvalue weighted by atomic mass is 9.93. The molecule has 6 aromatic carbocycles. The molecule has 0 atom stereocenters. The smallest absolute Gasteiger partial charge is 0.0384 e. The summed E-state index contributed by atoms with van der Waals surface area (Å²) in [4.78, 5) is 0. The van der Waals surface area contributed by atoms with Gasteiger partial charge in [-0.15, -0.1) is 0 Å². The molecule has 6 aromatic rings. The van der Waals surface area contributed by atoms with Crippen LogP contribution in [0.15, 0.2) is 140 Å². The van der Waals surface area contributed by atoms with Crippen molar-refractivity contribution < 1.29 is 0 Å². The summed E-state index contributed by atoms with van der Waals surface area (Å²) in [5.41, 5.74) is 12.3. The number of aryl methyl sites for hydroxylation is 2. The highest BCUT2D eigenvalue weighted by atomic mass is 127. The maximum atomic E-state index is 3.36. The molecule has 0 unspecified atom stereocenters. The van der Waals surface area contributed by atoms with Crippen molar-refractivity contribution in [1.82, 2.24) is 0 Å². The zero-order valence-corrected chi connectivity index (χ0v) is 29.9. The Balaban J connectivity index is 0.000000199. The molecule has 0 aliphatic carbocycles. The number of benzene rings is 6. The summed E-state index contributed by atoms with van der Waals surface area (Å²) >= 11 is 7.06. The van der Waals surface area contributed by atoms with Gasteiger partial charge >= 0.3 is 0 Å². The fourth-order valence-electron chi connectivity index (χ4n) is 4.50. The van der Waals surface area contributed by atoms with E-state index in [9.17, 15) is 0 Å². The van der Waals surface area contributed by atoms with Gasteiger partial charge in [-0.3, -0.25) is 0 Å². The van der Waals surface area contributed by atoms with Crippen LogP contribution in [0.1, 0.15) is 11.1 Å². The standard InChI is InChI=1S/C24H15I3.C14H15N/c25-22-7-1-16(2-8-22)19-13-20(17-3-9-23(26)10-4-17)15-21(14-19)18-5-11-24(27)12-6-18;1-11-3-7-13(8-4-11)15-14-9-5-12(2)6-10-14/h1-15H;3-10,15H,1-2H3. The van der Waals surface area contributed by atoms with Gasteiger partial charge in [0.2, 0.25) is 0 Å². The van der Waals surface area contributed by atoms with Crippen LogP contribution >= 0.6 is 67.8 Å². The molecule has 0 aliphatic heterocycles. The van der Waals surface area contributed by atoms with Crippen LogP contribution in [0, 0.1) is 24.6 Å². The van der Waals surface area contributed by atoms with Crippen molar-refractivity contribution in [2.24, 2.45) is 0 Å². The molecule has 0 saturated carbocycles. The van der Waals surface area contributed by atoms with Gasteiger partial charge in [0, 0.05) is 22.1 Å². The zero-order chi connectivity index (χ0) is 29.5. The van der Waals surface area contributed by atoms with Crippen molar-refractivity contribution in [2.75, 3.05) is 5.32 Å². The Morgan fingerprint density at radius 3 is 0.857 bits per heavy atom. The van der Waals surface area contributed by atoms with Gasteiger partial charge in [-0.1, -0.05) is 71.8 Å². The highest BCUT2D eigenvalue weighted by Crippen LogP contribution is 2.33. The molecule has 0 aliphatic rings. The number of anilines is 2. The molecular weight excluding hydrogens is 851 g/mol. The Labute approximate surface area is 290 Å².